The summed E-state index contributed by atoms with van der Waals surface area (Å²) in [5.41, 5.74) is 1.34. The van der Waals surface area contributed by atoms with Crippen LogP contribution >= 0.6 is 0 Å². The van der Waals surface area contributed by atoms with E-state index in [1.165, 1.54) is 0 Å². The monoisotopic (exact) mass is 309 g/mol. The van der Waals surface area contributed by atoms with Crippen molar-refractivity contribution in [3.05, 3.63) is 29.3 Å². The minimum absolute atomic E-state index is 0.165. The van der Waals surface area contributed by atoms with Crippen molar-refractivity contribution >= 4 is 10.0 Å². The Hall–Kier alpha value is -1.35. The molecule has 2 N–H and O–H groups in total. The molecule has 116 valence electrons. The Balaban J connectivity index is 2.92. The minimum Gasteiger partial charge on any atom is -0.384 e. The molecule has 0 amide bonds. The van der Waals surface area contributed by atoms with Gasteiger partial charge < -0.3 is 5.11 Å². The van der Waals surface area contributed by atoms with E-state index < -0.39 is 10.0 Å². The van der Waals surface area contributed by atoms with Crippen LogP contribution in [0.25, 0.3) is 0 Å². The summed E-state index contributed by atoms with van der Waals surface area (Å²) >= 11 is 0. The van der Waals surface area contributed by atoms with Gasteiger partial charge in [-0.3, -0.25) is 0 Å². The minimum atomic E-state index is -3.57. The first kappa shape index (κ1) is 17.7. The van der Waals surface area contributed by atoms with Gasteiger partial charge in [-0.15, -0.1) is 0 Å². The Morgan fingerprint density at radius 2 is 2.05 bits per heavy atom. The number of sulfonamides is 1. The van der Waals surface area contributed by atoms with Crippen molar-refractivity contribution in [1.82, 2.24) is 4.72 Å². The quantitative estimate of drug-likeness (QED) is 0.624. The average molecular weight is 309 g/mol. The Morgan fingerprint density at radius 3 is 2.67 bits per heavy atom. The SMILES string of the molecule is Cc1ccc(S(=O)(=O)NCCCC(C)C)c(C#CCO)c1. The fourth-order valence-corrected chi connectivity index (χ4v) is 3.12. The van der Waals surface area contributed by atoms with E-state index in [2.05, 4.69) is 30.4 Å². The van der Waals surface area contributed by atoms with Crippen molar-refractivity contribution in [1.29, 1.82) is 0 Å². The van der Waals surface area contributed by atoms with Gasteiger partial charge in [0.15, 0.2) is 0 Å². The molecule has 0 heterocycles. The Kier molecular flexibility index (Phi) is 6.90. The summed E-state index contributed by atoms with van der Waals surface area (Å²) < 4.78 is 27.3. The highest BCUT2D eigenvalue weighted by molar-refractivity contribution is 7.89. The molecule has 0 spiro atoms. The summed E-state index contributed by atoms with van der Waals surface area (Å²) in [4.78, 5) is 0.165. The van der Waals surface area contributed by atoms with Crippen LogP contribution in [0.4, 0.5) is 0 Å². The zero-order valence-electron chi connectivity index (χ0n) is 12.8. The molecule has 4 nitrogen and oxygen atoms in total. The lowest BCUT2D eigenvalue weighted by atomic mass is 10.1. The zero-order valence-corrected chi connectivity index (χ0v) is 13.6. The molecule has 0 aliphatic heterocycles. The molecule has 1 aromatic rings. The van der Waals surface area contributed by atoms with E-state index >= 15 is 0 Å². The van der Waals surface area contributed by atoms with Gasteiger partial charge in [0.05, 0.1) is 4.90 Å². The van der Waals surface area contributed by atoms with Gasteiger partial charge >= 0.3 is 0 Å². The molecule has 0 atom stereocenters. The van der Waals surface area contributed by atoms with Crippen molar-refractivity contribution in [3.8, 4) is 11.8 Å². The molecule has 0 saturated carbocycles. The maximum Gasteiger partial charge on any atom is 0.241 e. The van der Waals surface area contributed by atoms with E-state index in [4.69, 9.17) is 5.11 Å². The van der Waals surface area contributed by atoms with E-state index in [0.717, 1.165) is 18.4 Å². The maximum absolute atomic E-state index is 12.3. The summed E-state index contributed by atoms with van der Waals surface area (Å²) in [5.74, 6) is 5.75. The lowest BCUT2D eigenvalue weighted by Gasteiger charge is -2.10. The molecule has 0 aromatic heterocycles. The number of rotatable bonds is 6. The number of benzene rings is 1. The van der Waals surface area contributed by atoms with Gasteiger partial charge in [-0.25, -0.2) is 13.1 Å². The largest absolute Gasteiger partial charge is 0.384 e. The summed E-state index contributed by atoms with van der Waals surface area (Å²) in [6.07, 6.45) is 1.79. The van der Waals surface area contributed by atoms with Crippen LogP contribution in [0.2, 0.25) is 0 Å². The molecule has 0 radical (unpaired) electrons. The van der Waals surface area contributed by atoms with Gasteiger partial charge in [-0.05, 0) is 43.4 Å². The molecule has 0 aliphatic rings. The molecule has 5 heteroatoms. The number of aliphatic hydroxyl groups is 1. The fourth-order valence-electron chi connectivity index (χ4n) is 1.91. The molecule has 0 bridgehead atoms. The van der Waals surface area contributed by atoms with Crippen LogP contribution in [0.15, 0.2) is 23.1 Å². The highest BCUT2D eigenvalue weighted by Gasteiger charge is 2.17. The van der Waals surface area contributed by atoms with Crippen molar-refractivity contribution in [2.75, 3.05) is 13.2 Å². The summed E-state index contributed by atoms with van der Waals surface area (Å²) in [7, 11) is -3.57. The van der Waals surface area contributed by atoms with Gasteiger partial charge in [0.1, 0.15) is 6.61 Å². The standard InChI is InChI=1S/C16H23NO3S/c1-13(2)6-4-10-17-21(19,20)16-9-8-14(3)12-15(16)7-5-11-18/h8-9,12-13,17-18H,4,6,10-11H2,1-3H3. The normalized spacial score (nSPS) is 11.3. The topological polar surface area (TPSA) is 66.4 Å². The number of nitrogens with one attached hydrogen (secondary N) is 1. The molecule has 0 unspecified atom stereocenters. The summed E-state index contributed by atoms with van der Waals surface area (Å²) in [6.45, 7) is 6.21. The third-order valence-electron chi connectivity index (χ3n) is 2.98. The number of hydrogen-bond acceptors (Lipinski definition) is 3. The third kappa shape index (κ3) is 5.88. The molecule has 21 heavy (non-hydrogen) atoms. The van der Waals surface area contributed by atoms with Crippen LogP contribution in [0.1, 0.15) is 37.8 Å². The van der Waals surface area contributed by atoms with Crippen LogP contribution < -0.4 is 4.72 Å². The van der Waals surface area contributed by atoms with Crippen LogP contribution in [-0.2, 0) is 10.0 Å². The highest BCUT2D eigenvalue weighted by Crippen LogP contribution is 2.16. The molecule has 0 fully saturated rings. The van der Waals surface area contributed by atoms with Crippen molar-refractivity contribution in [2.24, 2.45) is 5.92 Å². The third-order valence-corrected chi connectivity index (χ3v) is 4.50. The van der Waals surface area contributed by atoms with Gasteiger partial charge in [0, 0.05) is 12.1 Å². The molecular formula is C16H23NO3S. The van der Waals surface area contributed by atoms with E-state index in [9.17, 15) is 8.42 Å². The summed E-state index contributed by atoms with van der Waals surface area (Å²) in [6, 6.07) is 5.01. The maximum atomic E-state index is 12.3. The fraction of sp³-hybridized carbons (Fsp3) is 0.500. The van der Waals surface area contributed by atoms with Crippen molar-refractivity contribution in [3.63, 3.8) is 0 Å². The predicted octanol–water partition coefficient (Wildman–Crippen LogP) is 2.05. The van der Waals surface area contributed by atoms with Gasteiger partial charge in [0.25, 0.3) is 0 Å². The van der Waals surface area contributed by atoms with Crippen LogP contribution in [0.5, 0.6) is 0 Å². The van der Waals surface area contributed by atoms with E-state index in [1.807, 2.05) is 6.92 Å². The van der Waals surface area contributed by atoms with Crippen LogP contribution in [0, 0.1) is 24.7 Å². The predicted molar refractivity (Wildman–Crippen MR) is 84.4 cm³/mol. The van der Waals surface area contributed by atoms with E-state index in [-0.39, 0.29) is 11.5 Å². The first-order valence-electron chi connectivity index (χ1n) is 7.07. The van der Waals surface area contributed by atoms with Crippen molar-refractivity contribution < 1.29 is 13.5 Å². The van der Waals surface area contributed by atoms with Crippen molar-refractivity contribution in [2.45, 2.75) is 38.5 Å². The highest BCUT2D eigenvalue weighted by atomic mass is 32.2. The lowest BCUT2D eigenvalue weighted by molar-refractivity contribution is 0.350. The van der Waals surface area contributed by atoms with E-state index in [1.54, 1.807) is 18.2 Å². The van der Waals surface area contributed by atoms with Gasteiger partial charge in [0.2, 0.25) is 10.0 Å². The second-order valence-corrected chi connectivity index (χ2v) is 7.13. The van der Waals surface area contributed by atoms with Gasteiger partial charge in [-0.1, -0.05) is 31.8 Å². The number of aliphatic hydroxyl groups excluding tert-OH is 1. The Morgan fingerprint density at radius 1 is 1.33 bits per heavy atom. The second-order valence-electron chi connectivity index (χ2n) is 5.39. The van der Waals surface area contributed by atoms with E-state index in [0.29, 0.717) is 18.0 Å². The molecule has 0 aliphatic carbocycles. The Bertz CT molecular complexity index is 625. The molecule has 1 rings (SSSR count). The zero-order chi connectivity index (χ0) is 15.9. The first-order valence-corrected chi connectivity index (χ1v) is 8.55. The smallest absolute Gasteiger partial charge is 0.241 e. The lowest BCUT2D eigenvalue weighted by Crippen LogP contribution is -2.25. The Labute approximate surface area is 127 Å². The number of hydrogen-bond donors (Lipinski definition) is 2. The molecule has 1 aromatic carbocycles. The van der Waals surface area contributed by atoms with Crippen LogP contribution in [0.3, 0.4) is 0 Å². The number of aryl methyl sites for hydroxylation is 1. The second kappa shape index (κ2) is 8.18. The van der Waals surface area contributed by atoms with Gasteiger partial charge in [-0.2, -0.15) is 0 Å². The summed E-state index contributed by atoms with van der Waals surface area (Å²) in [5, 5.41) is 8.78. The first-order chi connectivity index (χ1) is 9.86. The van der Waals surface area contributed by atoms with Crippen LogP contribution in [-0.4, -0.2) is 26.7 Å². The average Bonchev–Trinajstić information content (AvgIpc) is 2.41. The molecule has 0 saturated heterocycles. The molecular weight excluding hydrogens is 286 g/mol.